The van der Waals surface area contributed by atoms with Crippen LogP contribution in [0.4, 0.5) is 36.8 Å². The van der Waals surface area contributed by atoms with Gasteiger partial charge in [-0.15, -0.1) is 0 Å². The Morgan fingerprint density at radius 2 is 1.50 bits per heavy atom. The van der Waals surface area contributed by atoms with Gasteiger partial charge in [-0.25, -0.2) is 4.79 Å². The Bertz CT molecular complexity index is 1150. The molecule has 0 aliphatic carbocycles. The van der Waals surface area contributed by atoms with Crippen LogP contribution < -0.4 is 15.5 Å². The summed E-state index contributed by atoms with van der Waals surface area (Å²) in [6, 6.07) is 4.60. The molecule has 0 spiro atoms. The zero-order chi connectivity index (χ0) is 27.1. The first kappa shape index (κ1) is 27.0. The maximum atomic E-state index is 13.4. The Hall–Kier alpha value is -3.57. The van der Waals surface area contributed by atoms with E-state index in [9.17, 15) is 40.7 Å². The van der Waals surface area contributed by atoms with Crippen LogP contribution in [0.15, 0.2) is 42.5 Å². The SMILES string of the molecule is CC(C)(C)NC(=O)N[C@@H]1CC(=O)c2ccccc2N(Cc2cc(C(F)(F)F)cc(C(F)(F)F)c2)C1=O. The minimum atomic E-state index is -5.07. The van der Waals surface area contributed by atoms with Crippen molar-refractivity contribution in [3.8, 4) is 0 Å². The average molecular weight is 515 g/mol. The Kier molecular flexibility index (Phi) is 7.11. The van der Waals surface area contributed by atoms with E-state index in [-0.39, 0.29) is 17.3 Å². The zero-order valence-corrected chi connectivity index (χ0v) is 19.5. The number of halogens is 6. The zero-order valence-electron chi connectivity index (χ0n) is 19.5. The van der Waals surface area contributed by atoms with E-state index in [0.717, 1.165) is 4.90 Å². The Morgan fingerprint density at radius 1 is 0.944 bits per heavy atom. The van der Waals surface area contributed by atoms with Gasteiger partial charge in [-0.1, -0.05) is 12.1 Å². The highest BCUT2D eigenvalue weighted by Gasteiger charge is 2.39. The molecule has 2 N–H and O–H groups in total. The molecular weight excluding hydrogens is 492 g/mol. The van der Waals surface area contributed by atoms with Gasteiger partial charge in [-0.3, -0.25) is 9.59 Å². The summed E-state index contributed by atoms with van der Waals surface area (Å²) in [4.78, 5) is 39.6. The van der Waals surface area contributed by atoms with Crippen molar-refractivity contribution in [1.82, 2.24) is 10.6 Å². The predicted molar refractivity (Wildman–Crippen MR) is 118 cm³/mol. The number of alkyl halides is 6. The van der Waals surface area contributed by atoms with Gasteiger partial charge < -0.3 is 15.5 Å². The molecule has 6 nitrogen and oxygen atoms in total. The smallest absolute Gasteiger partial charge is 0.334 e. The molecule has 0 saturated heterocycles. The summed E-state index contributed by atoms with van der Waals surface area (Å²) in [5, 5.41) is 4.97. The fourth-order valence-electron chi connectivity index (χ4n) is 3.74. The third kappa shape index (κ3) is 6.35. The number of urea groups is 1. The lowest BCUT2D eigenvalue weighted by Gasteiger charge is -2.28. The largest absolute Gasteiger partial charge is 0.416 e. The molecule has 0 fully saturated rings. The monoisotopic (exact) mass is 515 g/mol. The van der Waals surface area contributed by atoms with Crippen LogP contribution in [0, 0.1) is 0 Å². The number of hydrogen-bond donors (Lipinski definition) is 2. The number of fused-ring (bicyclic) bond motifs is 1. The normalized spacial score (nSPS) is 16.9. The summed E-state index contributed by atoms with van der Waals surface area (Å²) in [7, 11) is 0. The number of ketones is 1. The number of Topliss-reactive ketones (excluding diaryl/α,β-unsaturated/α-hetero) is 1. The summed E-state index contributed by atoms with van der Waals surface area (Å²) in [6.07, 6.45) is -10.6. The highest BCUT2D eigenvalue weighted by Crippen LogP contribution is 2.37. The first-order valence-electron chi connectivity index (χ1n) is 10.8. The molecule has 0 saturated carbocycles. The molecule has 0 bridgehead atoms. The maximum Gasteiger partial charge on any atom is 0.416 e. The van der Waals surface area contributed by atoms with Gasteiger partial charge in [0, 0.05) is 17.5 Å². The van der Waals surface area contributed by atoms with E-state index >= 15 is 0 Å². The molecule has 2 aromatic carbocycles. The van der Waals surface area contributed by atoms with Crippen LogP contribution in [-0.2, 0) is 23.7 Å². The maximum absolute atomic E-state index is 13.4. The molecule has 0 unspecified atom stereocenters. The number of nitrogens with one attached hydrogen (secondary N) is 2. The van der Waals surface area contributed by atoms with Gasteiger partial charge in [0.1, 0.15) is 6.04 Å². The number of para-hydroxylation sites is 1. The van der Waals surface area contributed by atoms with E-state index in [1.54, 1.807) is 20.8 Å². The molecule has 1 atom stereocenters. The quantitative estimate of drug-likeness (QED) is 0.544. The first-order chi connectivity index (χ1) is 16.5. The van der Waals surface area contributed by atoms with E-state index in [4.69, 9.17) is 0 Å². The van der Waals surface area contributed by atoms with Gasteiger partial charge in [0.2, 0.25) is 5.91 Å². The topological polar surface area (TPSA) is 78.5 Å². The van der Waals surface area contributed by atoms with Crippen LogP contribution in [0.3, 0.4) is 0 Å². The molecule has 0 radical (unpaired) electrons. The number of rotatable bonds is 3. The summed E-state index contributed by atoms with van der Waals surface area (Å²) in [5.74, 6) is -1.38. The molecule has 36 heavy (non-hydrogen) atoms. The highest BCUT2D eigenvalue weighted by atomic mass is 19.4. The molecular formula is C24H23F6N3O3. The highest BCUT2D eigenvalue weighted by molar-refractivity contribution is 6.12. The Balaban J connectivity index is 2.06. The number of carbonyl (C=O) groups is 3. The Morgan fingerprint density at radius 3 is 2.03 bits per heavy atom. The number of carbonyl (C=O) groups excluding carboxylic acids is 3. The molecule has 3 amide bonds. The molecule has 1 aliphatic heterocycles. The van der Waals surface area contributed by atoms with Crippen molar-refractivity contribution in [3.05, 3.63) is 64.7 Å². The van der Waals surface area contributed by atoms with Crippen LogP contribution in [-0.4, -0.2) is 29.3 Å². The van der Waals surface area contributed by atoms with E-state index in [1.165, 1.54) is 24.3 Å². The van der Waals surface area contributed by atoms with Crippen LogP contribution in [0.25, 0.3) is 0 Å². The van der Waals surface area contributed by atoms with E-state index in [1.807, 2.05) is 0 Å². The molecule has 2 aromatic rings. The fourth-order valence-corrected chi connectivity index (χ4v) is 3.74. The number of amides is 3. The molecule has 1 aliphatic rings. The standard InChI is InChI=1S/C24H23F6N3O3/c1-22(2,3)32-21(36)31-17-11-19(34)16-6-4-5-7-18(16)33(20(17)35)12-13-8-14(23(25,26)27)10-15(9-13)24(28,29)30/h4-10,17H,11-12H2,1-3H3,(H2,31,32,36)/t17-/m1/s1. The van der Waals surface area contributed by atoms with Crippen molar-refractivity contribution >= 4 is 23.4 Å². The summed E-state index contributed by atoms with van der Waals surface area (Å²) < 4.78 is 80.0. The number of nitrogens with zero attached hydrogens (tertiary/aromatic N) is 1. The van der Waals surface area contributed by atoms with Gasteiger partial charge in [0.15, 0.2) is 5.78 Å². The lowest BCUT2D eigenvalue weighted by molar-refractivity contribution is -0.143. The van der Waals surface area contributed by atoms with Crippen LogP contribution >= 0.6 is 0 Å². The number of benzene rings is 2. The van der Waals surface area contributed by atoms with Gasteiger partial charge in [-0.2, -0.15) is 26.3 Å². The summed E-state index contributed by atoms with van der Waals surface area (Å²) in [5.41, 5.74) is -4.13. The van der Waals surface area contributed by atoms with Crippen molar-refractivity contribution in [1.29, 1.82) is 0 Å². The average Bonchev–Trinajstić information content (AvgIpc) is 2.82. The lowest BCUT2D eigenvalue weighted by Crippen LogP contribution is -2.54. The van der Waals surface area contributed by atoms with E-state index in [2.05, 4.69) is 10.6 Å². The molecule has 3 rings (SSSR count). The molecule has 12 heteroatoms. The van der Waals surface area contributed by atoms with E-state index < -0.39 is 71.3 Å². The van der Waals surface area contributed by atoms with Crippen molar-refractivity contribution < 1.29 is 40.7 Å². The molecule has 194 valence electrons. The lowest BCUT2D eigenvalue weighted by atomic mass is 10.0. The van der Waals surface area contributed by atoms with Crippen molar-refractivity contribution in [3.63, 3.8) is 0 Å². The third-order valence-corrected chi connectivity index (χ3v) is 5.23. The Labute approximate surface area is 202 Å². The second kappa shape index (κ2) is 9.47. The predicted octanol–water partition coefficient (Wildman–Crippen LogP) is 5.31. The van der Waals surface area contributed by atoms with Crippen molar-refractivity contribution in [2.45, 2.75) is 57.7 Å². The second-order valence-corrected chi connectivity index (χ2v) is 9.38. The first-order valence-corrected chi connectivity index (χ1v) is 10.8. The van der Waals surface area contributed by atoms with Crippen molar-refractivity contribution in [2.75, 3.05) is 4.90 Å². The minimum Gasteiger partial charge on any atom is -0.334 e. The van der Waals surface area contributed by atoms with Gasteiger partial charge in [0.25, 0.3) is 0 Å². The molecule has 1 heterocycles. The van der Waals surface area contributed by atoms with Crippen LogP contribution in [0.5, 0.6) is 0 Å². The van der Waals surface area contributed by atoms with E-state index in [0.29, 0.717) is 12.1 Å². The van der Waals surface area contributed by atoms with Crippen molar-refractivity contribution in [2.24, 2.45) is 0 Å². The second-order valence-electron chi connectivity index (χ2n) is 9.38. The third-order valence-electron chi connectivity index (χ3n) is 5.23. The molecule has 0 aromatic heterocycles. The summed E-state index contributed by atoms with van der Waals surface area (Å²) in [6.45, 7) is 4.34. The number of hydrogen-bond acceptors (Lipinski definition) is 3. The van der Waals surface area contributed by atoms with Gasteiger partial charge in [-0.05, 0) is 56.7 Å². The number of anilines is 1. The minimum absolute atomic E-state index is 0.00753. The van der Waals surface area contributed by atoms with Gasteiger partial charge >= 0.3 is 18.4 Å². The summed E-state index contributed by atoms with van der Waals surface area (Å²) >= 11 is 0. The van der Waals surface area contributed by atoms with Crippen LogP contribution in [0.2, 0.25) is 0 Å². The van der Waals surface area contributed by atoms with Crippen LogP contribution in [0.1, 0.15) is 54.2 Å². The fraction of sp³-hybridized carbons (Fsp3) is 0.375. The van der Waals surface area contributed by atoms with Gasteiger partial charge in [0.05, 0.1) is 23.4 Å².